The van der Waals surface area contributed by atoms with Crippen LogP contribution in [-0.4, -0.2) is 112 Å². The number of hydrogen-bond donors (Lipinski definition) is 4. The summed E-state index contributed by atoms with van der Waals surface area (Å²) in [5.74, 6) is -0.570. The van der Waals surface area contributed by atoms with Crippen molar-refractivity contribution in [3.8, 4) is 28.0 Å². The Hall–Kier alpha value is -6.22. The molecule has 2 heterocycles. The summed E-state index contributed by atoms with van der Waals surface area (Å²) in [7, 11) is 0. The number of aryl methyl sites for hydroxylation is 1. The quantitative estimate of drug-likeness (QED) is 0.0652. The van der Waals surface area contributed by atoms with Crippen molar-refractivity contribution in [2.45, 2.75) is 144 Å². The zero-order valence-electron chi connectivity index (χ0n) is 44.5. The Labute approximate surface area is 444 Å². The van der Waals surface area contributed by atoms with Crippen LogP contribution in [0.3, 0.4) is 0 Å². The summed E-state index contributed by atoms with van der Waals surface area (Å²) in [5, 5.41) is 29.3. The number of likely N-dealkylation sites (tertiary alicyclic amines) is 1. The second-order valence-electron chi connectivity index (χ2n) is 22.6. The first-order chi connectivity index (χ1) is 34.7. The number of nitrogens with one attached hydrogen (secondary N) is 3. The maximum atomic E-state index is 14.3. The van der Waals surface area contributed by atoms with Crippen molar-refractivity contribution in [2.75, 3.05) is 26.2 Å². The number of benzene rings is 3. The van der Waals surface area contributed by atoms with Gasteiger partial charge in [0.2, 0.25) is 17.7 Å². The fourth-order valence-electron chi connectivity index (χ4n) is 10.0. The molecule has 1 aliphatic carbocycles. The lowest BCUT2D eigenvalue weighted by Crippen LogP contribution is -2.74. The van der Waals surface area contributed by atoms with Gasteiger partial charge in [0.25, 0.3) is 5.91 Å². The highest BCUT2D eigenvalue weighted by atomic mass is 35.5. The molecule has 74 heavy (non-hydrogen) atoms. The Balaban J connectivity index is 0.975. The molecule has 1 unspecified atom stereocenters. The third-order valence-corrected chi connectivity index (χ3v) is 14.9. The van der Waals surface area contributed by atoms with Crippen LogP contribution in [0.15, 0.2) is 72.2 Å². The zero-order chi connectivity index (χ0) is 54.3. The first-order valence-corrected chi connectivity index (χ1v) is 26.4. The lowest BCUT2D eigenvalue weighted by atomic mass is 9.49. The summed E-state index contributed by atoms with van der Waals surface area (Å²) in [6, 6.07) is 19.5. The Morgan fingerprint density at radius 2 is 1.61 bits per heavy atom. The van der Waals surface area contributed by atoms with Crippen molar-refractivity contribution in [3.05, 3.63) is 99.6 Å². The maximum absolute atomic E-state index is 14.3. The third kappa shape index (κ3) is 14.1. The fraction of sp³-hybridized carbons (Fsp3) is 0.518. The molecule has 2 fully saturated rings. The van der Waals surface area contributed by atoms with Gasteiger partial charge >= 0.3 is 6.09 Å². The topological polar surface area (TPSA) is 213 Å². The summed E-state index contributed by atoms with van der Waals surface area (Å²) in [6.07, 6.45) is 0.0145. The van der Waals surface area contributed by atoms with Gasteiger partial charge < -0.3 is 40.2 Å². The van der Waals surface area contributed by atoms with Crippen LogP contribution in [0, 0.1) is 34.5 Å². The predicted octanol–water partition coefficient (Wildman–Crippen LogP) is 8.85. The molecule has 1 saturated carbocycles. The molecule has 3 aromatic carbocycles. The average molecular weight is 1050 g/mol. The SMILES string of the molecule is Cc1ncsc1-c1ccc(CNC(=O)[C@@H]2C[C@@H](O)CN2C(=O)C(NC(=O)CN(CCCCCOc2ccc(C(=O)NC3C(C)(C)C(Oc4ccc(C#N)c(Cl)c4)C3(C)C)cc2)C(=O)OC(C)(C)C)C(C)(C)C)cc1. The standard InChI is InChI=1S/C56H72ClN7O9S/c1-34-45(74-33-60-34)36-17-15-35(16-18-36)30-59-48(68)43-27-39(65)31-64(43)49(69)46(53(2,3)4)61-44(66)32-63(52(70)73-54(5,6)7)25-13-12-14-26-71-40-22-19-37(20-23-40)47(67)62-50-55(8,9)51(56(50,10)11)72-41-24-21-38(29-58)42(57)28-41/h15-24,28,33,39,43,46,50-51,65H,12-14,25-27,30-32H2,1-11H3,(H,59,68)(H,61,66)(H,62,67)/t39-,43+,46?,50?,51?/m1/s1. The van der Waals surface area contributed by atoms with Crippen LogP contribution in [-0.2, 0) is 25.7 Å². The molecule has 18 heteroatoms. The molecule has 0 spiro atoms. The number of halogens is 1. The first kappa shape index (κ1) is 57.1. The maximum Gasteiger partial charge on any atom is 0.410 e. The van der Waals surface area contributed by atoms with Gasteiger partial charge in [0.1, 0.15) is 47.9 Å². The number of hydrogen-bond acceptors (Lipinski definition) is 12. The van der Waals surface area contributed by atoms with Gasteiger partial charge in [0.05, 0.1) is 39.4 Å². The minimum Gasteiger partial charge on any atom is -0.494 e. The van der Waals surface area contributed by atoms with Crippen molar-refractivity contribution >= 4 is 52.7 Å². The van der Waals surface area contributed by atoms with Crippen LogP contribution < -0.4 is 25.4 Å². The van der Waals surface area contributed by atoms with Crippen molar-refractivity contribution < 1.29 is 43.3 Å². The second kappa shape index (κ2) is 23.5. The highest BCUT2D eigenvalue weighted by molar-refractivity contribution is 7.13. The molecule has 1 aliphatic heterocycles. The molecule has 1 saturated heterocycles. The predicted molar refractivity (Wildman–Crippen MR) is 285 cm³/mol. The van der Waals surface area contributed by atoms with E-state index in [1.165, 1.54) is 9.80 Å². The van der Waals surface area contributed by atoms with E-state index in [4.69, 9.17) is 25.8 Å². The van der Waals surface area contributed by atoms with Crippen LogP contribution in [0.1, 0.15) is 122 Å². The van der Waals surface area contributed by atoms with E-state index in [0.717, 1.165) is 21.7 Å². The van der Waals surface area contributed by atoms with Crippen molar-refractivity contribution in [1.82, 2.24) is 30.7 Å². The lowest BCUT2D eigenvalue weighted by Gasteiger charge is -2.63. The summed E-state index contributed by atoms with van der Waals surface area (Å²) in [5.41, 5.74) is 3.02. The molecule has 2 aliphatic rings. The summed E-state index contributed by atoms with van der Waals surface area (Å²) in [4.78, 5) is 76.7. The highest BCUT2D eigenvalue weighted by Crippen LogP contribution is 2.55. The largest absolute Gasteiger partial charge is 0.494 e. The number of nitrogens with zero attached hydrogens (tertiary/aromatic N) is 4. The van der Waals surface area contributed by atoms with Gasteiger partial charge in [-0.25, -0.2) is 9.78 Å². The van der Waals surface area contributed by atoms with Gasteiger partial charge in [-0.05, 0) is 99.9 Å². The number of β-amino-alcohol motifs (C(OH)–C–C–N with tert-alkyl or cyclic N) is 1. The minimum absolute atomic E-state index is 0.0473. The zero-order valence-corrected chi connectivity index (χ0v) is 46.0. The first-order valence-electron chi connectivity index (χ1n) is 25.1. The van der Waals surface area contributed by atoms with Crippen LogP contribution in [0.5, 0.6) is 11.5 Å². The van der Waals surface area contributed by atoms with E-state index in [1.54, 1.807) is 101 Å². The number of unbranched alkanes of at least 4 members (excludes halogenated alkanes) is 2. The Bertz CT molecular complexity index is 2670. The van der Waals surface area contributed by atoms with Gasteiger partial charge in [0, 0.05) is 54.6 Å². The van der Waals surface area contributed by atoms with Crippen LogP contribution in [0.4, 0.5) is 4.79 Å². The Kier molecular flexibility index (Phi) is 18.2. The number of aromatic nitrogens is 1. The summed E-state index contributed by atoms with van der Waals surface area (Å²) in [6.45, 7) is 21.1. The molecule has 6 rings (SSSR count). The number of ether oxygens (including phenoxy) is 3. The molecule has 0 bridgehead atoms. The van der Waals surface area contributed by atoms with E-state index in [1.807, 2.05) is 58.9 Å². The van der Waals surface area contributed by atoms with Crippen molar-refractivity contribution in [2.24, 2.45) is 16.2 Å². The molecule has 1 aromatic heterocycles. The van der Waals surface area contributed by atoms with E-state index in [2.05, 4.69) is 27.0 Å². The summed E-state index contributed by atoms with van der Waals surface area (Å²) < 4.78 is 18.0. The van der Waals surface area contributed by atoms with Crippen LogP contribution >= 0.6 is 22.9 Å². The molecule has 4 N–H and O–H groups in total. The van der Waals surface area contributed by atoms with Crippen LogP contribution in [0.2, 0.25) is 5.02 Å². The van der Waals surface area contributed by atoms with Crippen molar-refractivity contribution in [3.63, 3.8) is 0 Å². The van der Waals surface area contributed by atoms with E-state index in [9.17, 15) is 34.3 Å². The number of thiazole rings is 1. The Morgan fingerprint density at radius 1 is 0.946 bits per heavy atom. The number of nitriles is 1. The normalized spacial score (nSPS) is 19.3. The van der Waals surface area contributed by atoms with E-state index in [0.29, 0.717) is 53.5 Å². The van der Waals surface area contributed by atoms with Gasteiger partial charge in [-0.15, -0.1) is 11.3 Å². The number of carbonyl (C=O) groups excluding carboxylic acids is 5. The number of rotatable bonds is 19. The number of amides is 5. The number of aliphatic hydroxyl groups is 1. The molecule has 16 nitrogen and oxygen atoms in total. The fourth-order valence-corrected chi connectivity index (χ4v) is 11.0. The Morgan fingerprint density at radius 3 is 2.20 bits per heavy atom. The van der Waals surface area contributed by atoms with Gasteiger partial charge in [-0.3, -0.25) is 24.1 Å². The molecule has 3 atom stereocenters. The van der Waals surface area contributed by atoms with E-state index >= 15 is 0 Å². The number of aliphatic hydroxyl groups excluding tert-OH is 1. The van der Waals surface area contributed by atoms with Crippen LogP contribution in [0.25, 0.3) is 10.4 Å². The van der Waals surface area contributed by atoms with Gasteiger partial charge in [-0.2, -0.15) is 5.26 Å². The van der Waals surface area contributed by atoms with Gasteiger partial charge in [0.15, 0.2) is 0 Å². The molecular formula is C56H72ClN7O9S. The molecule has 4 aromatic rings. The number of carbonyl (C=O) groups is 5. The molecular weight excluding hydrogens is 982 g/mol. The lowest BCUT2D eigenvalue weighted by molar-refractivity contribution is -0.164. The highest BCUT2D eigenvalue weighted by Gasteiger charge is 2.64. The average Bonchev–Trinajstić information content (AvgIpc) is 3.95. The van der Waals surface area contributed by atoms with Crippen molar-refractivity contribution in [1.29, 1.82) is 5.26 Å². The molecule has 398 valence electrons. The van der Waals surface area contributed by atoms with E-state index in [-0.39, 0.29) is 50.7 Å². The minimum atomic E-state index is -1.09. The molecule has 0 radical (unpaired) electrons. The smallest absolute Gasteiger partial charge is 0.410 e. The van der Waals surface area contributed by atoms with Gasteiger partial charge in [-0.1, -0.05) is 84.3 Å². The third-order valence-electron chi connectivity index (χ3n) is 13.6. The molecule has 5 amide bonds. The second-order valence-corrected chi connectivity index (χ2v) is 23.8. The van der Waals surface area contributed by atoms with E-state index < -0.39 is 63.8 Å². The summed E-state index contributed by atoms with van der Waals surface area (Å²) >= 11 is 7.81. The monoisotopic (exact) mass is 1050 g/mol.